The third-order valence-electron chi connectivity index (χ3n) is 2.66. The van der Waals surface area contributed by atoms with E-state index in [4.69, 9.17) is 4.74 Å². The molecule has 2 rings (SSSR count). The summed E-state index contributed by atoms with van der Waals surface area (Å²) in [5.41, 5.74) is -0.941. The maximum absolute atomic E-state index is 12.6. The number of aromatic hydroxyl groups is 1. The van der Waals surface area contributed by atoms with E-state index in [1.807, 2.05) is 0 Å². The summed E-state index contributed by atoms with van der Waals surface area (Å²) >= 11 is 0. The van der Waals surface area contributed by atoms with Crippen LogP contribution in [0.5, 0.6) is 5.75 Å². The second-order valence-corrected chi connectivity index (χ2v) is 6.29. The second kappa shape index (κ2) is 4.78. The zero-order chi connectivity index (χ0) is 12.5. The molecule has 0 aromatic heterocycles. The van der Waals surface area contributed by atoms with Gasteiger partial charge in [-0.25, -0.2) is 10.9 Å². The molecule has 1 aromatic rings. The quantitative estimate of drug-likeness (QED) is 0.765. The molecule has 1 aliphatic heterocycles. The number of alkyl halides is 3. The SMILES string of the molecule is Oc1ccc([SH]2CCOCC2)cc1C(F)(F)F. The lowest BCUT2D eigenvalue weighted by atomic mass is 10.2. The van der Waals surface area contributed by atoms with E-state index in [-0.39, 0.29) is 0 Å². The molecule has 0 bridgehead atoms. The largest absolute Gasteiger partial charge is 0.507 e. The normalized spacial score (nSPS) is 19.4. The van der Waals surface area contributed by atoms with Crippen molar-refractivity contribution < 1.29 is 23.0 Å². The summed E-state index contributed by atoms with van der Waals surface area (Å²) in [6.07, 6.45) is -4.50. The minimum atomic E-state index is -4.50. The Kier molecular flexibility index (Phi) is 3.53. The van der Waals surface area contributed by atoms with Crippen molar-refractivity contribution in [3.05, 3.63) is 23.8 Å². The van der Waals surface area contributed by atoms with E-state index in [1.165, 1.54) is 0 Å². The summed E-state index contributed by atoms with van der Waals surface area (Å²) < 4.78 is 43.0. The Bertz CT molecular complexity index is 400. The number of benzene rings is 1. The fourth-order valence-electron chi connectivity index (χ4n) is 1.77. The molecule has 1 heterocycles. The number of phenols is 1. The molecule has 2 nitrogen and oxygen atoms in total. The molecule has 96 valence electrons. The summed E-state index contributed by atoms with van der Waals surface area (Å²) in [7, 11) is -0.579. The lowest BCUT2D eigenvalue weighted by Gasteiger charge is -2.27. The van der Waals surface area contributed by atoms with Crippen molar-refractivity contribution in [1.29, 1.82) is 0 Å². The molecule has 1 aliphatic rings. The van der Waals surface area contributed by atoms with Crippen molar-refractivity contribution in [2.75, 3.05) is 24.7 Å². The molecule has 1 N–H and O–H groups in total. The van der Waals surface area contributed by atoms with Gasteiger partial charge in [0, 0.05) is 11.5 Å². The summed E-state index contributed by atoms with van der Waals surface area (Å²) in [5.74, 6) is 0.874. The average molecular weight is 266 g/mol. The van der Waals surface area contributed by atoms with Gasteiger partial charge in [-0.3, -0.25) is 0 Å². The van der Waals surface area contributed by atoms with E-state index in [0.717, 1.165) is 23.6 Å². The zero-order valence-corrected chi connectivity index (χ0v) is 9.89. The monoisotopic (exact) mass is 266 g/mol. The van der Waals surface area contributed by atoms with Crippen molar-refractivity contribution in [2.45, 2.75) is 11.1 Å². The number of halogens is 3. The maximum atomic E-state index is 12.6. The Morgan fingerprint density at radius 1 is 1.18 bits per heavy atom. The van der Waals surface area contributed by atoms with Crippen LogP contribution >= 0.6 is 10.9 Å². The maximum Gasteiger partial charge on any atom is 0.419 e. The summed E-state index contributed by atoms with van der Waals surface area (Å²) in [4.78, 5) is 0.688. The standard InChI is InChI=1S/C11H13F3O2S/c12-11(13,14)9-7-8(1-2-10(9)15)17-5-3-16-4-6-17/h1-2,7,15,17H,3-6H2. The van der Waals surface area contributed by atoms with Crippen LogP contribution in [0.2, 0.25) is 0 Å². The fraction of sp³-hybridized carbons (Fsp3) is 0.455. The van der Waals surface area contributed by atoms with Gasteiger partial charge in [-0.05, 0) is 23.1 Å². The molecule has 1 saturated heterocycles. The Morgan fingerprint density at radius 3 is 2.41 bits per heavy atom. The fourth-order valence-corrected chi connectivity index (χ4v) is 3.81. The number of hydrogen-bond donors (Lipinski definition) is 2. The molecule has 0 saturated carbocycles. The summed E-state index contributed by atoms with van der Waals surface area (Å²) in [5, 5.41) is 9.23. The Balaban J connectivity index is 2.30. The van der Waals surface area contributed by atoms with E-state index in [0.29, 0.717) is 18.1 Å². The van der Waals surface area contributed by atoms with Gasteiger partial charge >= 0.3 is 6.18 Å². The molecule has 17 heavy (non-hydrogen) atoms. The topological polar surface area (TPSA) is 29.5 Å². The predicted octanol–water partition coefficient (Wildman–Crippen LogP) is 2.80. The van der Waals surface area contributed by atoms with E-state index in [1.54, 1.807) is 6.07 Å². The Labute approximate surface area is 99.7 Å². The highest BCUT2D eigenvalue weighted by molar-refractivity contribution is 8.17. The first-order valence-electron chi connectivity index (χ1n) is 5.21. The first-order chi connectivity index (χ1) is 7.98. The van der Waals surface area contributed by atoms with Crippen LogP contribution < -0.4 is 0 Å². The second-order valence-electron chi connectivity index (χ2n) is 3.80. The lowest BCUT2D eigenvalue weighted by Crippen LogP contribution is -2.15. The average Bonchev–Trinajstić information content (AvgIpc) is 2.29. The molecule has 1 fully saturated rings. The van der Waals surface area contributed by atoms with Gasteiger partial charge in [-0.15, -0.1) is 0 Å². The number of thiol groups is 1. The molecule has 6 heteroatoms. The zero-order valence-electron chi connectivity index (χ0n) is 9.00. The van der Waals surface area contributed by atoms with Crippen molar-refractivity contribution in [3.8, 4) is 5.75 Å². The first kappa shape index (κ1) is 12.6. The number of ether oxygens (including phenoxy) is 1. The van der Waals surface area contributed by atoms with Crippen molar-refractivity contribution in [2.24, 2.45) is 0 Å². The van der Waals surface area contributed by atoms with Gasteiger partial charge < -0.3 is 9.84 Å². The highest BCUT2D eigenvalue weighted by Crippen LogP contribution is 2.43. The Hall–Kier alpha value is -0.880. The molecule has 0 atom stereocenters. The molecule has 0 aliphatic carbocycles. The van der Waals surface area contributed by atoms with E-state index < -0.39 is 28.4 Å². The third kappa shape index (κ3) is 2.87. The molecule has 0 amide bonds. The van der Waals surface area contributed by atoms with E-state index in [2.05, 4.69) is 0 Å². The van der Waals surface area contributed by atoms with Crippen LogP contribution in [0.4, 0.5) is 13.2 Å². The van der Waals surface area contributed by atoms with Gasteiger partial charge in [0.15, 0.2) is 0 Å². The van der Waals surface area contributed by atoms with Crippen molar-refractivity contribution in [3.63, 3.8) is 0 Å². The smallest absolute Gasteiger partial charge is 0.419 e. The predicted molar refractivity (Wildman–Crippen MR) is 60.9 cm³/mol. The highest BCUT2D eigenvalue weighted by atomic mass is 32.2. The molecule has 0 unspecified atom stereocenters. The summed E-state index contributed by atoms with van der Waals surface area (Å²) in [6, 6.07) is 3.80. The van der Waals surface area contributed by atoms with Gasteiger partial charge in [0.1, 0.15) is 5.75 Å². The third-order valence-corrected chi connectivity index (χ3v) is 5.12. The van der Waals surface area contributed by atoms with Gasteiger partial charge in [-0.2, -0.15) is 13.2 Å². The van der Waals surface area contributed by atoms with Gasteiger partial charge in [0.2, 0.25) is 0 Å². The number of rotatable bonds is 1. The summed E-state index contributed by atoms with van der Waals surface area (Å²) in [6.45, 7) is 1.21. The van der Waals surface area contributed by atoms with Crippen LogP contribution in [0.15, 0.2) is 23.1 Å². The van der Waals surface area contributed by atoms with Crippen LogP contribution in [-0.4, -0.2) is 29.8 Å². The molecule has 0 spiro atoms. The van der Waals surface area contributed by atoms with Crippen molar-refractivity contribution >= 4 is 10.9 Å². The lowest BCUT2D eigenvalue weighted by molar-refractivity contribution is -0.138. The molecule has 1 aromatic carbocycles. The van der Waals surface area contributed by atoms with Crippen LogP contribution in [0.3, 0.4) is 0 Å². The molecular weight excluding hydrogens is 253 g/mol. The van der Waals surface area contributed by atoms with Gasteiger partial charge in [0.25, 0.3) is 0 Å². The van der Waals surface area contributed by atoms with E-state index in [9.17, 15) is 18.3 Å². The highest BCUT2D eigenvalue weighted by Gasteiger charge is 2.34. The first-order valence-corrected chi connectivity index (χ1v) is 6.92. The minimum absolute atomic E-state index is 0.579. The Morgan fingerprint density at radius 2 is 1.82 bits per heavy atom. The van der Waals surface area contributed by atoms with Crippen LogP contribution in [-0.2, 0) is 10.9 Å². The van der Waals surface area contributed by atoms with Crippen LogP contribution in [0.25, 0.3) is 0 Å². The number of phenolic OH excluding ortho intramolecular Hbond substituents is 1. The van der Waals surface area contributed by atoms with Crippen LogP contribution in [0, 0.1) is 0 Å². The minimum Gasteiger partial charge on any atom is -0.507 e. The van der Waals surface area contributed by atoms with E-state index >= 15 is 0 Å². The van der Waals surface area contributed by atoms with Gasteiger partial charge in [-0.1, -0.05) is 0 Å². The molecular formula is C11H13F3O2S. The van der Waals surface area contributed by atoms with Gasteiger partial charge in [0.05, 0.1) is 18.8 Å². The molecule has 0 radical (unpaired) electrons. The van der Waals surface area contributed by atoms with Crippen LogP contribution in [0.1, 0.15) is 5.56 Å². The van der Waals surface area contributed by atoms with Crippen molar-refractivity contribution in [1.82, 2.24) is 0 Å². The number of hydrogen-bond acceptors (Lipinski definition) is 2.